The molecule has 4 aliphatic rings. The van der Waals surface area contributed by atoms with Crippen molar-refractivity contribution in [2.24, 2.45) is 5.92 Å². The molecule has 1 unspecified atom stereocenters. The van der Waals surface area contributed by atoms with Crippen molar-refractivity contribution in [2.45, 2.75) is 25.4 Å². The maximum atomic E-state index is 5.47. The molecule has 1 atom stereocenters. The van der Waals surface area contributed by atoms with Crippen LogP contribution in [0.2, 0.25) is 0 Å². The van der Waals surface area contributed by atoms with E-state index in [1.54, 1.807) is 5.92 Å². The van der Waals surface area contributed by atoms with E-state index in [0.29, 0.717) is 6.04 Å². The quantitative estimate of drug-likeness (QED) is 0.821. The molecule has 0 aromatic heterocycles. The third-order valence-electron chi connectivity index (χ3n) is 6.54. The van der Waals surface area contributed by atoms with Crippen LogP contribution in [0.5, 0.6) is 0 Å². The van der Waals surface area contributed by atoms with Gasteiger partial charge in [0.05, 0.1) is 13.2 Å². The van der Waals surface area contributed by atoms with Crippen molar-refractivity contribution in [2.75, 3.05) is 39.4 Å². The van der Waals surface area contributed by atoms with Crippen LogP contribution < -0.4 is 0 Å². The van der Waals surface area contributed by atoms with Crippen LogP contribution in [0.4, 0.5) is 0 Å². The number of fused-ring (bicyclic) bond motifs is 3. The van der Waals surface area contributed by atoms with Gasteiger partial charge in [0.1, 0.15) is 0 Å². The minimum Gasteiger partial charge on any atom is -0.379 e. The standard InChI is InChI=1S/C24H29N2O/c1-2-4-22(5-3-1)24-23(21-10-12-26(24)13-11-21)20-8-6-19(7-9-20)18-25-14-16-27-17-15-25/h1-9,21,24H,10-18H2. The first-order valence-electron chi connectivity index (χ1n) is 10.4. The molecular formula is C24H29N2O. The zero-order valence-electron chi connectivity index (χ0n) is 16.0. The Morgan fingerprint density at radius 2 is 1.52 bits per heavy atom. The average Bonchev–Trinajstić information content (AvgIpc) is 2.76. The molecule has 0 spiro atoms. The van der Waals surface area contributed by atoms with Crippen molar-refractivity contribution in [1.82, 2.24) is 9.80 Å². The fraction of sp³-hybridized carbons (Fsp3) is 0.458. The maximum absolute atomic E-state index is 5.47. The number of hydrogen-bond acceptors (Lipinski definition) is 3. The van der Waals surface area contributed by atoms with E-state index in [1.807, 2.05) is 0 Å². The first-order valence-corrected chi connectivity index (χ1v) is 10.4. The summed E-state index contributed by atoms with van der Waals surface area (Å²) in [5.41, 5.74) is 4.32. The molecule has 27 heavy (non-hydrogen) atoms. The first kappa shape index (κ1) is 17.4. The highest BCUT2D eigenvalue weighted by molar-refractivity contribution is 5.43. The van der Waals surface area contributed by atoms with Gasteiger partial charge in [-0.2, -0.15) is 0 Å². The summed E-state index contributed by atoms with van der Waals surface area (Å²) in [6, 6.07) is 21.0. The van der Waals surface area contributed by atoms with Crippen molar-refractivity contribution in [1.29, 1.82) is 0 Å². The van der Waals surface area contributed by atoms with Crippen molar-refractivity contribution in [3.8, 4) is 0 Å². The molecule has 2 aromatic rings. The van der Waals surface area contributed by atoms with Crippen LogP contribution in [-0.4, -0.2) is 49.2 Å². The summed E-state index contributed by atoms with van der Waals surface area (Å²) < 4.78 is 5.47. The highest BCUT2D eigenvalue weighted by Gasteiger charge is 2.43. The molecule has 4 saturated heterocycles. The smallest absolute Gasteiger partial charge is 0.0594 e. The van der Waals surface area contributed by atoms with Crippen molar-refractivity contribution >= 4 is 0 Å². The molecule has 4 aliphatic heterocycles. The number of morpholine rings is 1. The van der Waals surface area contributed by atoms with E-state index in [2.05, 4.69) is 64.4 Å². The number of rotatable bonds is 4. The molecule has 1 radical (unpaired) electrons. The first-order chi connectivity index (χ1) is 13.4. The Bertz CT molecular complexity index is 731. The van der Waals surface area contributed by atoms with Crippen LogP contribution in [0.3, 0.4) is 0 Å². The van der Waals surface area contributed by atoms with Crippen LogP contribution in [0.15, 0.2) is 54.6 Å². The van der Waals surface area contributed by atoms with Gasteiger partial charge in [-0.25, -0.2) is 0 Å². The second-order valence-corrected chi connectivity index (χ2v) is 8.16. The molecule has 4 fully saturated rings. The summed E-state index contributed by atoms with van der Waals surface area (Å²) in [6.07, 6.45) is 2.63. The second-order valence-electron chi connectivity index (χ2n) is 8.16. The van der Waals surface area contributed by atoms with Gasteiger partial charge in [0.15, 0.2) is 0 Å². The number of ether oxygens (including phenoxy) is 1. The fourth-order valence-electron chi connectivity index (χ4n) is 5.13. The third-order valence-corrected chi connectivity index (χ3v) is 6.54. The van der Waals surface area contributed by atoms with Gasteiger partial charge in [-0.3, -0.25) is 9.80 Å². The van der Waals surface area contributed by atoms with E-state index < -0.39 is 0 Å². The van der Waals surface area contributed by atoms with Gasteiger partial charge < -0.3 is 4.74 Å². The Morgan fingerprint density at radius 3 is 2.22 bits per heavy atom. The van der Waals surface area contributed by atoms with E-state index in [-0.39, 0.29) is 0 Å². The average molecular weight is 362 g/mol. The number of benzene rings is 2. The summed E-state index contributed by atoms with van der Waals surface area (Å²) >= 11 is 0. The summed E-state index contributed by atoms with van der Waals surface area (Å²) in [5.74, 6) is 2.39. The lowest BCUT2D eigenvalue weighted by molar-refractivity contribution is 0.0342. The van der Waals surface area contributed by atoms with Gasteiger partial charge >= 0.3 is 0 Å². The molecule has 0 aliphatic carbocycles. The van der Waals surface area contributed by atoms with Crippen molar-refractivity contribution < 1.29 is 4.74 Å². The lowest BCUT2D eigenvalue weighted by Gasteiger charge is -2.51. The summed E-state index contributed by atoms with van der Waals surface area (Å²) in [5, 5.41) is 0. The minimum absolute atomic E-state index is 0.462. The summed E-state index contributed by atoms with van der Waals surface area (Å²) in [4.78, 5) is 5.18. The van der Waals surface area contributed by atoms with Crippen molar-refractivity contribution in [3.05, 3.63) is 77.2 Å². The molecule has 6 rings (SSSR count). The second kappa shape index (κ2) is 7.75. The molecule has 0 N–H and O–H groups in total. The molecule has 3 nitrogen and oxygen atoms in total. The molecule has 2 aromatic carbocycles. The normalized spacial score (nSPS) is 29.1. The van der Waals surface area contributed by atoms with E-state index in [1.165, 1.54) is 42.6 Å². The monoisotopic (exact) mass is 361 g/mol. The molecule has 3 heteroatoms. The highest BCUT2D eigenvalue weighted by Crippen LogP contribution is 2.49. The minimum atomic E-state index is 0.462. The van der Waals surface area contributed by atoms with E-state index in [0.717, 1.165) is 38.8 Å². The number of hydrogen-bond donors (Lipinski definition) is 0. The van der Waals surface area contributed by atoms with Gasteiger partial charge in [0, 0.05) is 31.6 Å². The van der Waals surface area contributed by atoms with Gasteiger partial charge in [-0.1, -0.05) is 54.6 Å². The predicted octanol–water partition coefficient (Wildman–Crippen LogP) is 3.91. The Labute approximate surface area is 162 Å². The van der Waals surface area contributed by atoms with Gasteiger partial charge in [0.2, 0.25) is 0 Å². The summed E-state index contributed by atoms with van der Waals surface area (Å²) in [6.45, 7) is 7.35. The molecule has 4 heterocycles. The van der Waals surface area contributed by atoms with Crippen LogP contribution in [0.25, 0.3) is 0 Å². The Hall–Kier alpha value is -1.68. The van der Waals surface area contributed by atoms with Crippen LogP contribution in [0.1, 0.15) is 35.6 Å². The molecule has 141 valence electrons. The lowest BCUT2D eigenvalue weighted by Crippen LogP contribution is -2.48. The zero-order valence-corrected chi connectivity index (χ0v) is 16.0. The van der Waals surface area contributed by atoms with Gasteiger partial charge in [-0.15, -0.1) is 0 Å². The Kier molecular flexibility index (Phi) is 5.00. The van der Waals surface area contributed by atoms with Crippen LogP contribution >= 0.6 is 0 Å². The molecule has 2 bridgehead atoms. The van der Waals surface area contributed by atoms with Crippen LogP contribution in [-0.2, 0) is 11.3 Å². The van der Waals surface area contributed by atoms with Gasteiger partial charge in [-0.05, 0) is 48.5 Å². The van der Waals surface area contributed by atoms with E-state index in [9.17, 15) is 0 Å². The van der Waals surface area contributed by atoms with Crippen LogP contribution in [0, 0.1) is 11.8 Å². The Balaban J connectivity index is 1.38. The topological polar surface area (TPSA) is 15.7 Å². The molecular weight excluding hydrogens is 332 g/mol. The molecule has 0 amide bonds. The largest absolute Gasteiger partial charge is 0.379 e. The van der Waals surface area contributed by atoms with Crippen molar-refractivity contribution in [3.63, 3.8) is 0 Å². The predicted molar refractivity (Wildman–Crippen MR) is 108 cm³/mol. The lowest BCUT2D eigenvalue weighted by atomic mass is 9.68. The highest BCUT2D eigenvalue weighted by atomic mass is 16.5. The fourth-order valence-corrected chi connectivity index (χ4v) is 5.13. The van der Waals surface area contributed by atoms with E-state index >= 15 is 0 Å². The SMILES string of the molecule is c1ccc(C2[C](c3ccc(CN4CCOCC4)cc3)C3CCN2CC3)cc1. The van der Waals surface area contributed by atoms with Gasteiger partial charge in [0.25, 0.3) is 0 Å². The summed E-state index contributed by atoms with van der Waals surface area (Å²) in [7, 11) is 0. The molecule has 0 saturated carbocycles. The third kappa shape index (κ3) is 3.56. The maximum Gasteiger partial charge on any atom is 0.0594 e. The Morgan fingerprint density at radius 1 is 0.815 bits per heavy atom. The van der Waals surface area contributed by atoms with E-state index in [4.69, 9.17) is 4.74 Å². The number of piperidine rings is 3. The zero-order chi connectivity index (χ0) is 18.1. The number of nitrogens with zero attached hydrogens (tertiary/aromatic N) is 2.